The van der Waals surface area contributed by atoms with Crippen molar-refractivity contribution in [3.63, 3.8) is 0 Å². The quantitative estimate of drug-likeness (QED) is 0.0549. The number of nitrogens with one attached hydrogen (secondary N) is 4. The van der Waals surface area contributed by atoms with E-state index in [0.29, 0.717) is 24.2 Å². The number of alkyl halides is 3. The fourth-order valence-electron chi connectivity index (χ4n) is 8.76. The summed E-state index contributed by atoms with van der Waals surface area (Å²) in [4.78, 5) is 77.2. The van der Waals surface area contributed by atoms with Crippen molar-refractivity contribution < 1.29 is 56.5 Å². The number of hydrogen-bond donors (Lipinski definition) is 5. The van der Waals surface area contributed by atoms with E-state index in [1.807, 2.05) is 49.4 Å². The zero-order chi connectivity index (χ0) is 52.7. The number of nitrogens with zero attached hydrogens (tertiary/aromatic N) is 3. The number of carbonyl (C=O) groups is 5. The first kappa shape index (κ1) is 56.1. The van der Waals surface area contributed by atoms with Crippen molar-refractivity contribution in [2.75, 3.05) is 46.6 Å². The lowest BCUT2D eigenvalue weighted by Gasteiger charge is -2.35. The fourth-order valence-corrected chi connectivity index (χ4v) is 9.57. The highest BCUT2D eigenvalue weighted by Gasteiger charge is 2.45. The zero-order valence-corrected chi connectivity index (χ0v) is 42.7. The highest BCUT2D eigenvalue weighted by atomic mass is 32.1. The third-order valence-corrected chi connectivity index (χ3v) is 13.8. The van der Waals surface area contributed by atoms with Gasteiger partial charge < -0.3 is 45.5 Å². The second-order valence-electron chi connectivity index (χ2n) is 19.5. The van der Waals surface area contributed by atoms with Crippen LogP contribution in [-0.4, -0.2) is 121 Å². The molecule has 1 aliphatic heterocycles. The second-order valence-corrected chi connectivity index (χ2v) is 20.3. The van der Waals surface area contributed by atoms with Crippen molar-refractivity contribution in [1.82, 2.24) is 36.1 Å². The molecule has 73 heavy (non-hydrogen) atoms. The molecule has 3 heterocycles. The molecule has 1 saturated heterocycles. The highest BCUT2D eigenvalue weighted by molar-refractivity contribution is 7.13. The fraction of sp³-hybridized carbons (Fsp3) is 0.491. The Hall–Kier alpha value is -6.22. The van der Waals surface area contributed by atoms with Crippen LogP contribution in [0.3, 0.4) is 0 Å². The van der Waals surface area contributed by atoms with E-state index >= 15 is 0 Å². The molecular formula is C53H66F3N7O9S. The molecule has 6 rings (SSSR count). The number of methoxy groups -OCH3 is 1. The number of β-amino-alcohol motifs (C(OH)–C–C–N with tert-alkyl or cyclic N) is 1. The maximum atomic E-state index is 14.0. The summed E-state index contributed by atoms with van der Waals surface area (Å²) in [6.07, 6.45) is 1.18. The topological polar surface area (TPSA) is 210 Å². The first-order valence-corrected chi connectivity index (χ1v) is 25.3. The van der Waals surface area contributed by atoms with Gasteiger partial charge in [-0.25, -0.2) is 9.97 Å². The maximum Gasteiger partial charge on any atom is 0.391 e. The number of halogens is 3. The van der Waals surface area contributed by atoms with Crippen LogP contribution in [0.2, 0.25) is 0 Å². The number of aryl methyl sites for hydroxylation is 1. The molecule has 2 fully saturated rings. The van der Waals surface area contributed by atoms with Crippen LogP contribution in [0.25, 0.3) is 16.5 Å². The minimum absolute atomic E-state index is 0.00837. The lowest BCUT2D eigenvalue weighted by Crippen LogP contribution is -2.58. The summed E-state index contributed by atoms with van der Waals surface area (Å²) in [6.45, 7) is 7.95. The van der Waals surface area contributed by atoms with Crippen LogP contribution in [0.15, 0.2) is 72.4 Å². The van der Waals surface area contributed by atoms with Crippen molar-refractivity contribution in [1.29, 1.82) is 0 Å². The molecule has 0 bridgehead atoms. The molecule has 20 heteroatoms. The molecule has 4 aromatic rings. The Morgan fingerprint density at radius 3 is 2.27 bits per heavy atom. The van der Waals surface area contributed by atoms with E-state index < -0.39 is 59.3 Å². The van der Waals surface area contributed by atoms with E-state index in [0.717, 1.165) is 32.8 Å². The molecule has 1 saturated carbocycles. The summed E-state index contributed by atoms with van der Waals surface area (Å²) in [5.74, 6) is -2.94. The van der Waals surface area contributed by atoms with Crippen molar-refractivity contribution in [3.8, 4) is 16.2 Å². The molecule has 16 nitrogen and oxygen atoms in total. The number of likely N-dealkylation sites (tertiary alicyclic amines) is 1. The number of carbonyl (C=O) groups excluding carboxylic acids is 5. The molecule has 1 aliphatic carbocycles. The number of rotatable bonds is 22. The van der Waals surface area contributed by atoms with Crippen LogP contribution < -0.4 is 26.0 Å². The minimum Gasteiger partial charge on any atom is -0.495 e. The number of aromatic nitrogens is 2. The second kappa shape index (κ2) is 26.1. The van der Waals surface area contributed by atoms with Crippen molar-refractivity contribution in [3.05, 3.63) is 106 Å². The number of allylic oxidation sites excluding steroid dienone is 1. The van der Waals surface area contributed by atoms with Gasteiger partial charge in [-0.1, -0.05) is 81.5 Å². The minimum atomic E-state index is -4.17. The molecular weight excluding hydrogens is 968 g/mol. The Morgan fingerprint density at radius 1 is 0.877 bits per heavy atom. The number of pyridine rings is 1. The smallest absolute Gasteiger partial charge is 0.391 e. The highest BCUT2D eigenvalue weighted by Crippen LogP contribution is 2.40. The van der Waals surface area contributed by atoms with Crippen LogP contribution in [-0.2, 0) is 48.2 Å². The Morgan fingerprint density at radius 2 is 1.59 bits per heavy atom. The van der Waals surface area contributed by atoms with Crippen molar-refractivity contribution in [2.45, 2.75) is 104 Å². The predicted molar refractivity (Wildman–Crippen MR) is 269 cm³/mol. The summed E-state index contributed by atoms with van der Waals surface area (Å²) < 4.78 is 55.8. The van der Waals surface area contributed by atoms with Gasteiger partial charge in [0.05, 0.1) is 67.7 Å². The molecule has 0 unspecified atom stereocenters. The number of hydrogen-bond acceptors (Lipinski definition) is 12. The lowest BCUT2D eigenvalue weighted by molar-refractivity contribution is -0.183. The zero-order valence-electron chi connectivity index (χ0n) is 41.9. The average molecular weight is 1030 g/mol. The molecule has 2 aliphatic rings. The van der Waals surface area contributed by atoms with E-state index in [-0.39, 0.29) is 95.8 Å². The normalized spacial score (nSPS) is 18.6. The van der Waals surface area contributed by atoms with Crippen LogP contribution in [0.5, 0.6) is 5.75 Å². The van der Waals surface area contributed by atoms with Gasteiger partial charge in [0.15, 0.2) is 0 Å². The van der Waals surface area contributed by atoms with Gasteiger partial charge in [0.2, 0.25) is 23.6 Å². The summed E-state index contributed by atoms with van der Waals surface area (Å²) in [5.41, 5.74) is 6.12. The Balaban J connectivity index is 0.860. The van der Waals surface area contributed by atoms with E-state index in [4.69, 9.17) is 14.2 Å². The standard InChI is InChI=1S/C53H66F3N7O9S/c1-33-47(73-32-61-33)38-14-10-35(11-15-38)27-60-50(68)43-26-41(64)30-63(43)51(69)48(52(2,3)4)62-46(66)31-72-22-21-71-20-19-57-45(65)24-36-7-6-8-37(23-36)28-59-49(67)42-25-39(44(70-5)29-58-42)16-9-34-12-17-40(18-13-34)53(54,55)56/h6-11,14-16,23,25,29,32,34,40-41,43,48,64H,12-13,17-22,24,26-28,30-31H2,1-5H3,(H,57,65)(H,59,67)(H,60,68)(H,62,66)/b16-9+/t34?,40?,41-,43+,48-/m1/s1. The molecule has 3 atom stereocenters. The largest absolute Gasteiger partial charge is 0.495 e. The number of ether oxygens (including phenoxy) is 3. The van der Waals surface area contributed by atoms with Crippen molar-refractivity contribution >= 4 is 46.9 Å². The van der Waals surface area contributed by atoms with Gasteiger partial charge >= 0.3 is 6.18 Å². The number of thiazole rings is 1. The summed E-state index contributed by atoms with van der Waals surface area (Å²) in [5, 5.41) is 21.9. The number of aliphatic hydroxyl groups excluding tert-OH is 1. The van der Waals surface area contributed by atoms with Gasteiger partial charge in [0.1, 0.15) is 30.1 Å². The van der Waals surface area contributed by atoms with Gasteiger partial charge in [0.25, 0.3) is 5.91 Å². The Labute approximate surface area is 427 Å². The first-order valence-electron chi connectivity index (χ1n) is 24.4. The SMILES string of the molecule is COc1cnc(C(=O)NCc2cccc(CC(=O)NCCOCCOCC(=O)N[C@H](C(=O)N3C[C@H](O)C[C@H]3C(=O)NCc3ccc(-c4scnc4C)cc3)C(C)(C)C)c2)cc1/C=C/C1CCC(C(F)(F)F)CC1. The first-order chi connectivity index (χ1) is 34.8. The summed E-state index contributed by atoms with van der Waals surface area (Å²) >= 11 is 1.56. The lowest BCUT2D eigenvalue weighted by atomic mass is 9.81. The summed E-state index contributed by atoms with van der Waals surface area (Å²) in [7, 11) is 1.47. The third-order valence-electron chi connectivity index (χ3n) is 12.8. The number of benzene rings is 2. The van der Waals surface area contributed by atoms with Crippen LogP contribution in [0.1, 0.15) is 91.3 Å². The molecule has 5 amide bonds. The van der Waals surface area contributed by atoms with Gasteiger partial charge in [-0.3, -0.25) is 24.0 Å². The number of aliphatic hydroxyl groups is 1. The molecule has 2 aromatic heterocycles. The Bertz CT molecular complexity index is 2540. The molecule has 0 spiro atoms. The van der Waals surface area contributed by atoms with E-state index in [9.17, 15) is 42.3 Å². The monoisotopic (exact) mass is 1030 g/mol. The van der Waals surface area contributed by atoms with E-state index in [2.05, 4.69) is 31.2 Å². The maximum absolute atomic E-state index is 14.0. The van der Waals surface area contributed by atoms with Crippen molar-refractivity contribution in [2.24, 2.45) is 17.3 Å². The van der Waals surface area contributed by atoms with E-state index in [1.165, 1.54) is 18.2 Å². The van der Waals surface area contributed by atoms with Gasteiger partial charge in [-0.2, -0.15) is 13.2 Å². The average Bonchev–Trinajstić information content (AvgIpc) is 3.98. The van der Waals surface area contributed by atoms with Gasteiger partial charge in [-0.15, -0.1) is 11.3 Å². The Kier molecular flexibility index (Phi) is 20.1. The molecule has 5 N–H and O–H groups in total. The van der Waals surface area contributed by atoms with Gasteiger partial charge in [-0.05, 0) is 72.3 Å². The molecule has 2 aromatic carbocycles. The molecule has 394 valence electrons. The number of amides is 5. The third kappa shape index (κ3) is 16.6. The molecule has 0 radical (unpaired) electrons. The predicted octanol–water partition coefficient (Wildman–Crippen LogP) is 6.34. The van der Waals surface area contributed by atoms with Crippen LogP contribution >= 0.6 is 11.3 Å². The summed E-state index contributed by atoms with van der Waals surface area (Å²) in [6, 6.07) is 14.7. The van der Waals surface area contributed by atoms with Crippen LogP contribution in [0.4, 0.5) is 13.2 Å². The van der Waals surface area contributed by atoms with Crippen LogP contribution in [0, 0.1) is 24.2 Å². The van der Waals surface area contributed by atoms with Gasteiger partial charge in [0, 0.05) is 38.2 Å². The van der Waals surface area contributed by atoms with E-state index in [1.54, 1.807) is 61.9 Å².